The highest BCUT2D eigenvalue weighted by Crippen LogP contribution is 2.47. The van der Waals surface area contributed by atoms with Crippen LogP contribution in [0.15, 0.2) is 100 Å². The molecule has 148 valence electrons. The summed E-state index contributed by atoms with van der Waals surface area (Å²) in [6.45, 7) is 0. The quantitative estimate of drug-likeness (QED) is 0.379. The fraction of sp³-hybridized carbons (Fsp3) is 0.0800. The molecule has 1 atom stereocenters. The molecule has 0 saturated carbocycles. The van der Waals surface area contributed by atoms with Gasteiger partial charge in [0.05, 0.1) is 25.0 Å². The van der Waals surface area contributed by atoms with Crippen molar-refractivity contribution < 1.29 is 9.15 Å². The first kappa shape index (κ1) is 18.5. The highest BCUT2D eigenvalue weighted by Gasteiger charge is 2.35. The lowest BCUT2D eigenvalue weighted by Crippen LogP contribution is -2.15. The Balaban J connectivity index is 1.69. The molecule has 1 aliphatic rings. The Hall–Kier alpha value is -3.57. The third-order valence-electron chi connectivity index (χ3n) is 5.15. The highest BCUT2D eigenvalue weighted by molar-refractivity contribution is 7.08. The first-order chi connectivity index (χ1) is 14.8. The molecule has 30 heavy (non-hydrogen) atoms. The maximum atomic E-state index is 5.81. The zero-order valence-electron chi connectivity index (χ0n) is 16.4. The third-order valence-corrected chi connectivity index (χ3v) is 5.85. The summed E-state index contributed by atoms with van der Waals surface area (Å²) in [4.78, 5) is 6.91. The lowest BCUT2D eigenvalue weighted by atomic mass is 9.92. The Morgan fingerprint density at radius 3 is 2.63 bits per heavy atom. The number of methoxy groups -OCH3 is 1. The van der Waals surface area contributed by atoms with Crippen molar-refractivity contribution in [2.45, 2.75) is 5.92 Å². The molecule has 1 unspecified atom stereocenters. The molecule has 0 fully saturated rings. The molecule has 0 radical (unpaired) electrons. The summed E-state index contributed by atoms with van der Waals surface area (Å²) in [5.41, 5.74) is 5.42. The van der Waals surface area contributed by atoms with E-state index in [1.54, 1.807) is 24.7 Å². The number of hydrogen-bond donors (Lipinski definition) is 0. The van der Waals surface area contributed by atoms with Crippen molar-refractivity contribution in [3.05, 3.63) is 113 Å². The monoisotopic (exact) mass is 412 g/mol. The number of thiophene rings is 1. The van der Waals surface area contributed by atoms with Crippen molar-refractivity contribution in [1.29, 1.82) is 0 Å². The van der Waals surface area contributed by atoms with Crippen LogP contribution in [0.25, 0.3) is 11.6 Å². The predicted molar refractivity (Wildman–Crippen MR) is 121 cm³/mol. The Morgan fingerprint density at radius 1 is 1.07 bits per heavy atom. The molecule has 0 saturated heterocycles. The van der Waals surface area contributed by atoms with Gasteiger partial charge in [-0.05, 0) is 77.0 Å². The molecule has 0 bridgehead atoms. The van der Waals surface area contributed by atoms with Crippen LogP contribution < -0.4 is 9.64 Å². The van der Waals surface area contributed by atoms with Crippen molar-refractivity contribution in [2.75, 3.05) is 12.0 Å². The molecule has 0 N–H and O–H groups in total. The number of rotatable bonds is 5. The van der Waals surface area contributed by atoms with E-state index >= 15 is 0 Å². The molecule has 0 aliphatic carbocycles. The number of aromatic nitrogens is 1. The van der Waals surface area contributed by atoms with Gasteiger partial charge in [0.2, 0.25) is 0 Å². The topological polar surface area (TPSA) is 38.5 Å². The van der Waals surface area contributed by atoms with Crippen LogP contribution in [0.5, 0.6) is 5.75 Å². The average molecular weight is 413 g/mol. The molecule has 4 aromatic rings. The van der Waals surface area contributed by atoms with Crippen LogP contribution in [-0.2, 0) is 0 Å². The van der Waals surface area contributed by atoms with Crippen LogP contribution >= 0.6 is 11.3 Å². The second-order valence-electron chi connectivity index (χ2n) is 6.94. The fourth-order valence-electron chi connectivity index (χ4n) is 3.74. The normalized spacial score (nSPS) is 17.4. The van der Waals surface area contributed by atoms with Gasteiger partial charge < -0.3 is 14.1 Å². The van der Waals surface area contributed by atoms with Crippen molar-refractivity contribution in [3.8, 4) is 5.75 Å². The number of ether oxygens (including phenoxy) is 1. The summed E-state index contributed by atoms with van der Waals surface area (Å²) in [6, 6.07) is 20.2. The van der Waals surface area contributed by atoms with Crippen molar-refractivity contribution >= 4 is 28.7 Å². The van der Waals surface area contributed by atoms with Gasteiger partial charge in [-0.3, -0.25) is 4.98 Å². The second kappa shape index (κ2) is 8.05. The number of allylic oxidation sites excluding steroid dienone is 1. The minimum Gasteiger partial charge on any atom is -0.497 e. The standard InChI is InChI=1S/C25H20N2O2S/c1-28-20-9-7-19(8-10-20)27-16-21(24-6-4-13-29-24)25(22-5-2-3-12-26-22)23(27)15-18-11-14-30-17-18/h2-17,25H,1H3. The molecule has 4 heterocycles. The summed E-state index contributed by atoms with van der Waals surface area (Å²) >= 11 is 1.69. The highest BCUT2D eigenvalue weighted by atomic mass is 32.1. The van der Waals surface area contributed by atoms with Gasteiger partial charge in [-0.15, -0.1) is 0 Å². The number of anilines is 1. The van der Waals surface area contributed by atoms with Gasteiger partial charge in [0.1, 0.15) is 11.5 Å². The minimum atomic E-state index is -0.0423. The van der Waals surface area contributed by atoms with Gasteiger partial charge in [-0.1, -0.05) is 6.07 Å². The maximum Gasteiger partial charge on any atom is 0.132 e. The van der Waals surface area contributed by atoms with Gasteiger partial charge in [0, 0.05) is 29.4 Å². The van der Waals surface area contributed by atoms with Gasteiger partial charge in [0.25, 0.3) is 0 Å². The van der Waals surface area contributed by atoms with Gasteiger partial charge in [-0.25, -0.2) is 0 Å². The second-order valence-corrected chi connectivity index (χ2v) is 7.72. The van der Waals surface area contributed by atoms with E-state index in [0.29, 0.717) is 0 Å². The lowest BCUT2D eigenvalue weighted by Gasteiger charge is -2.23. The van der Waals surface area contributed by atoms with E-state index in [2.05, 4.69) is 57.2 Å². The molecule has 0 spiro atoms. The Bertz CT molecular complexity index is 1160. The SMILES string of the molecule is COc1ccc(N2C=C(c3ccco3)C(c3ccccn3)C2=Cc2ccsc2)cc1. The van der Waals surface area contributed by atoms with Crippen molar-refractivity contribution in [1.82, 2.24) is 4.98 Å². The number of benzene rings is 1. The van der Waals surface area contributed by atoms with E-state index in [4.69, 9.17) is 9.15 Å². The Morgan fingerprint density at radius 2 is 1.97 bits per heavy atom. The van der Waals surface area contributed by atoms with Crippen LogP contribution in [0, 0.1) is 0 Å². The number of nitrogens with zero attached hydrogens (tertiary/aromatic N) is 2. The van der Waals surface area contributed by atoms with E-state index < -0.39 is 0 Å². The van der Waals surface area contributed by atoms with Crippen LogP contribution in [0.2, 0.25) is 0 Å². The number of furan rings is 1. The molecule has 0 amide bonds. The van der Waals surface area contributed by atoms with Crippen LogP contribution in [0.1, 0.15) is 22.9 Å². The smallest absolute Gasteiger partial charge is 0.132 e. The molecule has 5 heteroatoms. The van der Waals surface area contributed by atoms with E-state index in [9.17, 15) is 0 Å². The van der Waals surface area contributed by atoms with Crippen LogP contribution in [0.3, 0.4) is 0 Å². The molecule has 1 aromatic carbocycles. The summed E-state index contributed by atoms with van der Waals surface area (Å²) in [7, 11) is 1.68. The minimum absolute atomic E-state index is 0.0423. The zero-order valence-corrected chi connectivity index (χ0v) is 17.3. The third kappa shape index (κ3) is 3.44. The van der Waals surface area contributed by atoms with Crippen molar-refractivity contribution in [2.24, 2.45) is 0 Å². The first-order valence-electron chi connectivity index (χ1n) is 9.67. The van der Waals surface area contributed by atoms with E-state index in [1.165, 1.54) is 5.56 Å². The molecule has 3 aromatic heterocycles. The molecular weight excluding hydrogens is 392 g/mol. The zero-order chi connectivity index (χ0) is 20.3. The Kier molecular flexibility index (Phi) is 4.95. The largest absolute Gasteiger partial charge is 0.497 e. The van der Waals surface area contributed by atoms with E-state index in [0.717, 1.165) is 34.2 Å². The van der Waals surface area contributed by atoms with Crippen molar-refractivity contribution in [3.63, 3.8) is 0 Å². The summed E-state index contributed by atoms with van der Waals surface area (Å²) < 4.78 is 11.1. The van der Waals surface area contributed by atoms with Gasteiger partial charge in [0.15, 0.2) is 0 Å². The maximum absolute atomic E-state index is 5.81. The number of hydrogen-bond acceptors (Lipinski definition) is 5. The van der Waals surface area contributed by atoms with E-state index in [1.807, 2.05) is 42.6 Å². The Labute approximate surface area is 179 Å². The first-order valence-corrected chi connectivity index (χ1v) is 10.6. The summed E-state index contributed by atoms with van der Waals surface area (Å²) in [5.74, 6) is 1.63. The summed E-state index contributed by atoms with van der Waals surface area (Å²) in [6.07, 6.45) is 7.93. The summed E-state index contributed by atoms with van der Waals surface area (Å²) in [5, 5.41) is 4.25. The molecular formula is C25H20N2O2S. The predicted octanol–water partition coefficient (Wildman–Crippen LogP) is 6.43. The van der Waals surface area contributed by atoms with E-state index in [-0.39, 0.29) is 5.92 Å². The number of pyridine rings is 1. The van der Waals surface area contributed by atoms with Gasteiger partial charge >= 0.3 is 0 Å². The van der Waals surface area contributed by atoms with Gasteiger partial charge in [-0.2, -0.15) is 11.3 Å². The molecule has 4 nitrogen and oxygen atoms in total. The van der Waals surface area contributed by atoms with Crippen LogP contribution in [0.4, 0.5) is 5.69 Å². The van der Waals surface area contributed by atoms with Crippen LogP contribution in [-0.4, -0.2) is 12.1 Å². The molecule has 1 aliphatic heterocycles. The molecule has 5 rings (SSSR count). The fourth-order valence-corrected chi connectivity index (χ4v) is 4.36. The lowest BCUT2D eigenvalue weighted by molar-refractivity contribution is 0.415. The average Bonchev–Trinajstić information content (AvgIpc) is 3.56.